The van der Waals surface area contributed by atoms with Gasteiger partial charge in [-0.2, -0.15) is 0 Å². The molecule has 0 bridgehead atoms. The molecule has 60 valence electrons. The predicted octanol–water partition coefficient (Wildman–Crippen LogP) is 1.20. The van der Waals surface area contributed by atoms with Crippen LogP contribution in [0.2, 0.25) is 0 Å². The molecule has 0 aliphatic heterocycles. The smallest absolute Gasteiger partial charge is 0.257 e. The summed E-state index contributed by atoms with van der Waals surface area (Å²) in [5, 5.41) is 2.82. The molecule has 0 atom stereocenters. The van der Waals surface area contributed by atoms with Gasteiger partial charge in [-0.1, -0.05) is 5.16 Å². The molecule has 0 aliphatic rings. The van der Waals surface area contributed by atoms with Crippen LogP contribution in [0, 0.1) is 0 Å². The predicted molar refractivity (Wildman–Crippen MR) is 37.4 cm³/mol. The van der Waals surface area contributed by atoms with E-state index < -0.39 is 5.24 Å². The second kappa shape index (κ2) is 3.50. The summed E-state index contributed by atoms with van der Waals surface area (Å²) >= 11 is 5.19. The molecule has 0 aliphatic carbocycles. The van der Waals surface area contributed by atoms with Crippen LogP contribution in [0.3, 0.4) is 0 Å². The highest BCUT2D eigenvalue weighted by molar-refractivity contribution is 6.67. The fraction of sp³-hybridized carbons (Fsp3) is 0.333. The monoisotopic (exact) mass is 175 g/mol. The summed E-state index contributed by atoms with van der Waals surface area (Å²) in [6.45, 7) is 0.202. The van der Waals surface area contributed by atoms with E-state index in [2.05, 4.69) is 9.68 Å². The first-order chi connectivity index (χ1) is 5.25. The Kier molecular flexibility index (Phi) is 2.62. The molecule has 0 N–H and O–H groups in total. The lowest BCUT2D eigenvalue weighted by Crippen LogP contribution is -1.93. The fourth-order valence-electron chi connectivity index (χ4n) is 0.659. The molecule has 0 radical (unpaired) electrons. The molecule has 0 fully saturated rings. The lowest BCUT2D eigenvalue weighted by atomic mass is 10.3. The summed E-state index contributed by atoms with van der Waals surface area (Å²) < 4.78 is 9.42. The number of aromatic nitrogens is 1. The number of hydrogen-bond donors (Lipinski definition) is 0. The van der Waals surface area contributed by atoms with Crippen molar-refractivity contribution in [1.82, 2.24) is 5.16 Å². The Labute approximate surface area is 68.1 Å². The Bertz CT molecular complexity index is 258. The van der Waals surface area contributed by atoms with Crippen LogP contribution < -0.4 is 0 Å². The quantitative estimate of drug-likeness (QED) is 0.648. The fourth-order valence-corrected chi connectivity index (χ4v) is 0.814. The van der Waals surface area contributed by atoms with Gasteiger partial charge in [0.15, 0.2) is 5.76 Å². The normalized spacial score (nSPS) is 10.0. The number of carbonyl (C=O) groups is 1. The highest BCUT2D eigenvalue weighted by Gasteiger charge is 2.12. The molecule has 0 amide bonds. The highest BCUT2D eigenvalue weighted by atomic mass is 35.5. The first-order valence-electron chi connectivity index (χ1n) is 2.88. The second-order valence-corrected chi connectivity index (χ2v) is 2.21. The minimum atomic E-state index is -0.585. The van der Waals surface area contributed by atoms with Crippen molar-refractivity contribution < 1.29 is 14.1 Å². The van der Waals surface area contributed by atoms with Crippen molar-refractivity contribution in [1.29, 1.82) is 0 Å². The van der Waals surface area contributed by atoms with Crippen LogP contribution in [0.25, 0.3) is 0 Å². The molecule has 4 nitrogen and oxygen atoms in total. The summed E-state index contributed by atoms with van der Waals surface area (Å²) in [5.74, 6) is 0.354. The third-order valence-corrected chi connectivity index (χ3v) is 1.34. The van der Waals surface area contributed by atoms with E-state index in [0.717, 1.165) is 0 Å². The lowest BCUT2D eigenvalue weighted by Gasteiger charge is -1.92. The van der Waals surface area contributed by atoms with Gasteiger partial charge < -0.3 is 9.26 Å². The molecule has 1 rings (SSSR count). The van der Waals surface area contributed by atoms with E-state index in [4.69, 9.17) is 16.3 Å². The zero-order valence-corrected chi connectivity index (χ0v) is 6.59. The molecule has 1 aromatic rings. The Morgan fingerprint density at radius 1 is 1.91 bits per heavy atom. The molecule has 0 aromatic carbocycles. The van der Waals surface area contributed by atoms with Gasteiger partial charge in [0.25, 0.3) is 5.24 Å². The van der Waals surface area contributed by atoms with Crippen molar-refractivity contribution in [3.63, 3.8) is 0 Å². The number of carbonyl (C=O) groups excluding carboxylic acids is 1. The van der Waals surface area contributed by atoms with Gasteiger partial charge in [-0.15, -0.1) is 0 Å². The van der Waals surface area contributed by atoms with E-state index in [1.165, 1.54) is 13.3 Å². The molecule has 1 aromatic heterocycles. The topological polar surface area (TPSA) is 52.3 Å². The lowest BCUT2D eigenvalue weighted by molar-refractivity contribution is 0.107. The Morgan fingerprint density at radius 2 is 2.64 bits per heavy atom. The van der Waals surface area contributed by atoms with Crippen LogP contribution >= 0.6 is 11.6 Å². The minimum absolute atomic E-state index is 0.202. The standard InChI is InChI=1S/C6H6ClNO3/c1-10-3-5-4(6(7)9)2-8-11-5/h2H,3H2,1H3. The van der Waals surface area contributed by atoms with Crippen molar-refractivity contribution in [3.05, 3.63) is 17.5 Å². The van der Waals surface area contributed by atoms with Crippen molar-refractivity contribution in [2.45, 2.75) is 6.61 Å². The van der Waals surface area contributed by atoms with Gasteiger partial charge in [0.2, 0.25) is 0 Å². The first kappa shape index (κ1) is 8.23. The minimum Gasteiger partial charge on any atom is -0.377 e. The number of nitrogens with zero attached hydrogens (tertiary/aromatic N) is 1. The number of halogens is 1. The summed E-state index contributed by atoms with van der Waals surface area (Å²) in [6, 6.07) is 0. The van der Waals surface area contributed by atoms with E-state index in [1.54, 1.807) is 0 Å². The van der Waals surface area contributed by atoms with E-state index in [9.17, 15) is 4.79 Å². The number of ether oxygens (including phenoxy) is 1. The van der Waals surface area contributed by atoms with Crippen LogP contribution in [-0.4, -0.2) is 17.5 Å². The average Bonchev–Trinajstić information content (AvgIpc) is 2.36. The Balaban J connectivity index is 2.87. The van der Waals surface area contributed by atoms with Crippen LogP contribution in [0.5, 0.6) is 0 Å². The van der Waals surface area contributed by atoms with Crippen molar-refractivity contribution in [2.24, 2.45) is 0 Å². The molecule has 0 saturated carbocycles. The molecular weight excluding hydrogens is 170 g/mol. The molecule has 5 heteroatoms. The summed E-state index contributed by atoms with van der Waals surface area (Å²) in [5.41, 5.74) is 0.258. The van der Waals surface area contributed by atoms with E-state index in [1.807, 2.05) is 0 Å². The van der Waals surface area contributed by atoms with Gasteiger partial charge in [0.05, 0.1) is 11.8 Å². The molecule has 11 heavy (non-hydrogen) atoms. The molecular formula is C6H6ClNO3. The third kappa shape index (κ3) is 1.78. The SMILES string of the molecule is COCc1oncc1C(=O)Cl. The summed E-state index contributed by atoms with van der Waals surface area (Å²) in [6.07, 6.45) is 1.27. The van der Waals surface area contributed by atoms with Crippen molar-refractivity contribution >= 4 is 16.8 Å². The average molecular weight is 176 g/mol. The number of hydrogen-bond acceptors (Lipinski definition) is 4. The zero-order valence-electron chi connectivity index (χ0n) is 5.83. The summed E-state index contributed by atoms with van der Waals surface area (Å²) in [7, 11) is 1.49. The molecule has 0 unspecified atom stereocenters. The van der Waals surface area contributed by atoms with Gasteiger partial charge in [-0.3, -0.25) is 4.79 Å². The van der Waals surface area contributed by atoms with E-state index >= 15 is 0 Å². The van der Waals surface area contributed by atoms with Crippen LogP contribution in [0.15, 0.2) is 10.7 Å². The van der Waals surface area contributed by atoms with Gasteiger partial charge >= 0.3 is 0 Å². The van der Waals surface area contributed by atoms with Gasteiger partial charge in [0.1, 0.15) is 6.61 Å². The zero-order chi connectivity index (χ0) is 8.27. The molecule has 0 saturated heterocycles. The first-order valence-corrected chi connectivity index (χ1v) is 3.26. The second-order valence-electron chi connectivity index (χ2n) is 1.87. The number of rotatable bonds is 3. The maximum atomic E-state index is 10.6. The third-order valence-electron chi connectivity index (χ3n) is 1.13. The van der Waals surface area contributed by atoms with Gasteiger partial charge in [0, 0.05) is 7.11 Å². The Hall–Kier alpha value is -0.870. The van der Waals surface area contributed by atoms with Crippen molar-refractivity contribution in [3.8, 4) is 0 Å². The van der Waals surface area contributed by atoms with Gasteiger partial charge in [-0.05, 0) is 11.6 Å². The summed E-state index contributed by atoms with van der Waals surface area (Å²) in [4.78, 5) is 10.6. The molecule has 1 heterocycles. The van der Waals surface area contributed by atoms with Crippen LogP contribution in [0.1, 0.15) is 16.1 Å². The number of methoxy groups -OCH3 is 1. The van der Waals surface area contributed by atoms with Crippen LogP contribution in [0.4, 0.5) is 0 Å². The largest absolute Gasteiger partial charge is 0.377 e. The highest BCUT2D eigenvalue weighted by Crippen LogP contribution is 2.11. The van der Waals surface area contributed by atoms with Crippen LogP contribution in [-0.2, 0) is 11.3 Å². The maximum absolute atomic E-state index is 10.6. The van der Waals surface area contributed by atoms with Gasteiger partial charge in [-0.25, -0.2) is 0 Å². The van der Waals surface area contributed by atoms with E-state index in [0.29, 0.717) is 5.76 Å². The van der Waals surface area contributed by atoms with E-state index in [-0.39, 0.29) is 12.2 Å². The molecule has 0 spiro atoms. The van der Waals surface area contributed by atoms with Crippen molar-refractivity contribution in [2.75, 3.05) is 7.11 Å². The maximum Gasteiger partial charge on any atom is 0.257 e. The Morgan fingerprint density at radius 3 is 3.18 bits per heavy atom.